The Labute approximate surface area is 186 Å². The predicted molar refractivity (Wildman–Crippen MR) is 109 cm³/mol. The molecule has 9 heteroatoms. The molecule has 0 saturated heterocycles. The van der Waals surface area contributed by atoms with Gasteiger partial charge in [0.25, 0.3) is 0 Å². The molecule has 0 aromatic heterocycles. The lowest BCUT2D eigenvalue weighted by Gasteiger charge is -2.70. The molecule has 0 unspecified atom stereocenters. The lowest BCUT2D eigenvalue weighted by molar-refractivity contribution is -0.172. The van der Waals surface area contributed by atoms with Crippen LogP contribution in [0.1, 0.15) is 36.8 Å². The van der Waals surface area contributed by atoms with Crippen LogP contribution in [-0.2, 0) is 22.2 Å². The number of ether oxygens (including phenoxy) is 1. The van der Waals surface area contributed by atoms with E-state index in [-0.39, 0.29) is 46.4 Å². The van der Waals surface area contributed by atoms with E-state index in [1.165, 1.54) is 24.3 Å². The summed E-state index contributed by atoms with van der Waals surface area (Å²) in [6.45, 7) is -0.183. The van der Waals surface area contributed by atoms with Gasteiger partial charge in [-0.05, 0) is 48.4 Å². The molecular formula is C23H20ClF4NO3. The summed E-state index contributed by atoms with van der Waals surface area (Å²) in [4.78, 5) is 24.6. The number of alkyl halides is 3. The number of amides is 1. The van der Waals surface area contributed by atoms with Gasteiger partial charge in [-0.3, -0.25) is 9.59 Å². The van der Waals surface area contributed by atoms with Crippen molar-refractivity contribution in [1.29, 1.82) is 0 Å². The Kier molecular flexibility index (Phi) is 5.69. The largest absolute Gasteiger partial charge is 0.486 e. The third kappa shape index (κ3) is 4.75. The molecule has 1 amide bonds. The number of carbonyl (C=O) groups excluding carboxylic acids is 2. The van der Waals surface area contributed by atoms with E-state index >= 15 is 0 Å². The Balaban J connectivity index is 1.22. The topological polar surface area (TPSA) is 55.4 Å². The lowest BCUT2D eigenvalue weighted by atomic mass is 9.38. The summed E-state index contributed by atoms with van der Waals surface area (Å²) >= 11 is 5.61. The number of hydrogen-bond donors (Lipinski definition) is 1. The molecule has 3 aliphatic carbocycles. The second-order valence-electron chi connectivity index (χ2n) is 8.81. The molecule has 1 N–H and O–H groups in total. The van der Waals surface area contributed by atoms with E-state index in [1.54, 1.807) is 0 Å². The third-order valence-corrected chi connectivity index (χ3v) is 6.33. The molecule has 170 valence electrons. The summed E-state index contributed by atoms with van der Waals surface area (Å²) in [5, 5.41) is 2.89. The van der Waals surface area contributed by atoms with Crippen LogP contribution in [0.15, 0.2) is 42.5 Å². The number of benzene rings is 2. The van der Waals surface area contributed by atoms with Crippen LogP contribution in [-0.4, -0.2) is 23.8 Å². The molecule has 2 bridgehead atoms. The van der Waals surface area contributed by atoms with Crippen LogP contribution in [0.3, 0.4) is 0 Å². The fourth-order valence-electron chi connectivity index (χ4n) is 4.90. The number of Topliss-reactive ketones (excluding diaryl/α,β-unsaturated/α-hetero) is 1. The first-order valence-electron chi connectivity index (χ1n) is 10.0. The summed E-state index contributed by atoms with van der Waals surface area (Å²) in [6, 6.07) is 8.67. The summed E-state index contributed by atoms with van der Waals surface area (Å²) in [5.74, 6) is -0.865. The highest BCUT2D eigenvalue weighted by Crippen LogP contribution is 2.69. The van der Waals surface area contributed by atoms with Gasteiger partial charge in [0.2, 0.25) is 5.91 Å². The minimum atomic E-state index is -4.45. The van der Waals surface area contributed by atoms with Crippen molar-refractivity contribution in [2.24, 2.45) is 5.41 Å². The van der Waals surface area contributed by atoms with Crippen molar-refractivity contribution in [2.45, 2.75) is 43.8 Å². The van der Waals surface area contributed by atoms with Gasteiger partial charge in [-0.1, -0.05) is 29.8 Å². The van der Waals surface area contributed by atoms with E-state index in [2.05, 4.69) is 5.32 Å². The smallest absolute Gasteiger partial charge is 0.416 e. The van der Waals surface area contributed by atoms with Gasteiger partial charge >= 0.3 is 6.18 Å². The number of hydrogen-bond acceptors (Lipinski definition) is 3. The highest BCUT2D eigenvalue weighted by atomic mass is 35.5. The van der Waals surface area contributed by atoms with Crippen LogP contribution in [0, 0.1) is 11.2 Å². The molecule has 0 atom stereocenters. The molecule has 3 saturated carbocycles. The summed E-state index contributed by atoms with van der Waals surface area (Å²) in [5.41, 5.74) is -1.03. The minimum Gasteiger partial charge on any atom is -0.486 e. The number of halogens is 5. The van der Waals surface area contributed by atoms with Crippen molar-refractivity contribution in [3.63, 3.8) is 0 Å². The van der Waals surface area contributed by atoms with E-state index in [1.807, 2.05) is 0 Å². The molecular weight excluding hydrogens is 450 g/mol. The maximum Gasteiger partial charge on any atom is 0.416 e. The second kappa shape index (κ2) is 8.06. The van der Waals surface area contributed by atoms with Gasteiger partial charge < -0.3 is 10.1 Å². The highest BCUT2D eigenvalue weighted by Gasteiger charge is 2.68. The average molecular weight is 470 g/mol. The molecule has 0 spiro atoms. The Hall–Kier alpha value is -2.61. The zero-order chi connectivity index (χ0) is 23.1. The summed E-state index contributed by atoms with van der Waals surface area (Å²) < 4.78 is 57.2. The fraction of sp³-hybridized carbons (Fsp3) is 0.391. The van der Waals surface area contributed by atoms with Crippen LogP contribution in [0.2, 0.25) is 5.02 Å². The Morgan fingerprint density at radius 1 is 1.09 bits per heavy atom. The predicted octanol–water partition coefficient (Wildman–Crippen LogP) is 5.12. The first-order chi connectivity index (χ1) is 15.0. The van der Waals surface area contributed by atoms with Crippen LogP contribution >= 0.6 is 11.6 Å². The summed E-state index contributed by atoms with van der Waals surface area (Å²) in [7, 11) is 0. The molecule has 5 rings (SSSR count). The lowest BCUT2D eigenvalue weighted by Crippen LogP contribution is -2.75. The SMILES string of the molecule is O=C(COc1ccc(Cl)c(F)c1)CC12CC(NC(=O)Cc3cccc(C(F)(F)F)c3)(C1)C2. The van der Waals surface area contributed by atoms with Crippen LogP contribution in [0.5, 0.6) is 5.75 Å². The monoisotopic (exact) mass is 469 g/mol. The standard InChI is InChI=1S/C23H20ClF4NO3/c24-18-5-4-17(8-19(18)25)32-10-16(30)9-21-11-22(12-21,13-21)29-20(31)7-14-2-1-3-15(6-14)23(26,27)28/h1-6,8H,7,9-13H2,(H,29,31). The van der Waals surface area contributed by atoms with Gasteiger partial charge in [0.05, 0.1) is 17.0 Å². The Morgan fingerprint density at radius 2 is 1.81 bits per heavy atom. The third-order valence-electron chi connectivity index (χ3n) is 6.03. The van der Waals surface area contributed by atoms with Crippen molar-refractivity contribution in [3.05, 3.63) is 64.4 Å². The molecule has 2 aromatic rings. The average Bonchev–Trinajstić information content (AvgIpc) is 2.66. The first-order valence-corrected chi connectivity index (χ1v) is 10.4. The Bertz CT molecular complexity index is 1050. The fourth-order valence-corrected chi connectivity index (χ4v) is 5.02. The van der Waals surface area contributed by atoms with E-state index < -0.39 is 17.6 Å². The van der Waals surface area contributed by atoms with Crippen molar-refractivity contribution < 1.29 is 31.9 Å². The normalized spacial score (nSPS) is 23.7. The highest BCUT2D eigenvalue weighted by molar-refractivity contribution is 6.30. The van der Waals surface area contributed by atoms with Gasteiger partial charge in [0.15, 0.2) is 5.78 Å². The second-order valence-corrected chi connectivity index (χ2v) is 9.22. The molecule has 0 heterocycles. The van der Waals surface area contributed by atoms with Crippen molar-refractivity contribution in [1.82, 2.24) is 5.32 Å². The van der Waals surface area contributed by atoms with E-state index in [0.717, 1.165) is 18.2 Å². The number of carbonyl (C=O) groups is 2. The van der Waals surface area contributed by atoms with Gasteiger partial charge in [-0.25, -0.2) is 4.39 Å². The molecule has 0 aliphatic heterocycles. The molecule has 32 heavy (non-hydrogen) atoms. The summed E-state index contributed by atoms with van der Waals surface area (Å²) in [6.07, 6.45) is -2.34. The zero-order valence-electron chi connectivity index (χ0n) is 16.9. The molecule has 2 aromatic carbocycles. The first kappa shape index (κ1) is 22.6. The van der Waals surface area contributed by atoms with Crippen LogP contribution < -0.4 is 10.1 Å². The van der Waals surface area contributed by atoms with Gasteiger partial charge in [0.1, 0.15) is 18.2 Å². The van der Waals surface area contributed by atoms with E-state index in [4.69, 9.17) is 16.3 Å². The number of nitrogens with one attached hydrogen (secondary N) is 1. The quantitative estimate of drug-likeness (QED) is 0.546. The Morgan fingerprint density at radius 3 is 2.47 bits per heavy atom. The van der Waals surface area contributed by atoms with Crippen molar-refractivity contribution in [3.8, 4) is 5.75 Å². The number of ketones is 1. The van der Waals surface area contributed by atoms with Gasteiger partial charge in [-0.2, -0.15) is 13.2 Å². The van der Waals surface area contributed by atoms with Crippen molar-refractivity contribution in [2.75, 3.05) is 6.61 Å². The van der Waals surface area contributed by atoms with Crippen LogP contribution in [0.4, 0.5) is 17.6 Å². The molecule has 3 fully saturated rings. The molecule has 3 aliphatic rings. The van der Waals surface area contributed by atoms with Crippen molar-refractivity contribution >= 4 is 23.3 Å². The van der Waals surface area contributed by atoms with Gasteiger partial charge in [-0.15, -0.1) is 0 Å². The zero-order valence-corrected chi connectivity index (χ0v) is 17.7. The maximum absolute atomic E-state index is 13.4. The van der Waals surface area contributed by atoms with Gasteiger partial charge in [0, 0.05) is 18.0 Å². The van der Waals surface area contributed by atoms with Crippen LogP contribution in [0.25, 0.3) is 0 Å². The minimum absolute atomic E-state index is 0.0297. The molecule has 4 nitrogen and oxygen atoms in total. The van der Waals surface area contributed by atoms with E-state index in [9.17, 15) is 27.2 Å². The number of rotatable bonds is 8. The van der Waals surface area contributed by atoms with E-state index in [0.29, 0.717) is 31.2 Å². The molecule has 0 radical (unpaired) electrons. The maximum atomic E-state index is 13.4.